The molecule has 1 aromatic carbocycles. The molecule has 0 aliphatic heterocycles. The van der Waals surface area contributed by atoms with Crippen LogP contribution in [0, 0.1) is 6.92 Å². The van der Waals surface area contributed by atoms with E-state index in [4.69, 9.17) is 0 Å². The molecule has 2 aromatic rings. The Labute approximate surface area is 127 Å². The van der Waals surface area contributed by atoms with Gasteiger partial charge in [0.1, 0.15) is 5.54 Å². The summed E-state index contributed by atoms with van der Waals surface area (Å²) in [7, 11) is 0. The molecule has 1 aliphatic carbocycles. The standard InChI is InChI=1S/C16H17N3O3/c1-11-7-10-17-19(11)13-5-3-12(4-6-13)14(20)18-16(15(21)22)8-2-9-16/h3-7,10H,2,8-9H2,1H3,(H,18,20)(H,21,22). The first-order valence-corrected chi connectivity index (χ1v) is 7.19. The Morgan fingerprint density at radius 2 is 1.91 bits per heavy atom. The fourth-order valence-electron chi connectivity index (χ4n) is 2.61. The molecule has 3 rings (SSSR count). The Bertz CT molecular complexity index is 714. The zero-order valence-electron chi connectivity index (χ0n) is 12.2. The predicted octanol–water partition coefficient (Wildman–Crippen LogP) is 1.92. The zero-order valence-corrected chi connectivity index (χ0v) is 12.2. The molecule has 1 aliphatic rings. The van der Waals surface area contributed by atoms with E-state index < -0.39 is 11.5 Å². The molecule has 6 nitrogen and oxygen atoms in total. The first-order chi connectivity index (χ1) is 10.5. The van der Waals surface area contributed by atoms with Crippen LogP contribution in [0.3, 0.4) is 0 Å². The van der Waals surface area contributed by atoms with Crippen LogP contribution in [0.15, 0.2) is 36.5 Å². The lowest BCUT2D eigenvalue weighted by Gasteiger charge is -2.38. The number of carbonyl (C=O) groups is 2. The van der Waals surface area contributed by atoms with Crippen molar-refractivity contribution in [3.63, 3.8) is 0 Å². The van der Waals surface area contributed by atoms with Crippen molar-refractivity contribution in [2.24, 2.45) is 0 Å². The molecule has 0 atom stereocenters. The second kappa shape index (κ2) is 5.29. The first kappa shape index (κ1) is 14.3. The topological polar surface area (TPSA) is 84.2 Å². The Morgan fingerprint density at radius 3 is 2.36 bits per heavy atom. The number of aryl methyl sites for hydroxylation is 1. The number of aliphatic carboxylic acids is 1. The summed E-state index contributed by atoms with van der Waals surface area (Å²) >= 11 is 0. The third-order valence-corrected chi connectivity index (χ3v) is 4.18. The molecule has 1 fully saturated rings. The van der Waals surface area contributed by atoms with E-state index in [2.05, 4.69) is 10.4 Å². The molecule has 0 unspecified atom stereocenters. The lowest BCUT2D eigenvalue weighted by molar-refractivity contribution is -0.148. The second-order valence-corrected chi connectivity index (χ2v) is 5.63. The van der Waals surface area contributed by atoms with Crippen LogP contribution in [0.25, 0.3) is 5.69 Å². The van der Waals surface area contributed by atoms with Gasteiger partial charge in [0.25, 0.3) is 5.91 Å². The molecule has 1 heterocycles. The lowest BCUT2D eigenvalue weighted by Crippen LogP contribution is -2.59. The van der Waals surface area contributed by atoms with Crippen LogP contribution in [0.4, 0.5) is 0 Å². The highest BCUT2D eigenvalue weighted by molar-refractivity contribution is 5.98. The monoisotopic (exact) mass is 299 g/mol. The number of rotatable bonds is 4. The van der Waals surface area contributed by atoms with Crippen molar-refractivity contribution in [2.45, 2.75) is 31.7 Å². The van der Waals surface area contributed by atoms with Gasteiger partial charge < -0.3 is 10.4 Å². The highest BCUT2D eigenvalue weighted by Crippen LogP contribution is 2.32. The maximum Gasteiger partial charge on any atom is 0.329 e. The zero-order chi connectivity index (χ0) is 15.7. The maximum absolute atomic E-state index is 12.2. The summed E-state index contributed by atoms with van der Waals surface area (Å²) < 4.78 is 1.77. The maximum atomic E-state index is 12.2. The van der Waals surface area contributed by atoms with Gasteiger partial charge in [-0.05, 0) is 56.5 Å². The number of nitrogens with one attached hydrogen (secondary N) is 1. The summed E-state index contributed by atoms with van der Waals surface area (Å²) in [6.45, 7) is 1.95. The highest BCUT2D eigenvalue weighted by atomic mass is 16.4. The van der Waals surface area contributed by atoms with Crippen molar-refractivity contribution in [2.75, 3.05) is 0 Å². The van der Waals surface area contributed by atoms with Gasteiger partial charge in [-0.3, -0.25) is 4.79 Å². The Kier molecular flexibility index (Phi) is 3.44. The van der Waals surface area contributed by atoms with Gasteiger partial charge in [0.05, 0.1) is 5.69 Å². The van der Waals surface area contributed by atoms with E-state index in [1.54, 1.807) is 35.1 Å². The molecule has 22 heavy (non-hydrogen) atoms. The summed E-state index contributed by atoms with van der Waals surface area (Å²) in [5, 5.41) is 16.1. The number of carboxylic acids is 1. The summed E-state index contributed by atoms with van der Waals surface area (Å²) in [6, 6.07) is 8.85. The third-order valence-electron chi connectivity index (χ3n) is 4.18. The van der Waals surface area contributed by atoms with Crippen molar-refractivity contribution in [1.82, 2.24) is 15.1 Å². The van der Waals surface area contributed by atoms with Gasteiger partial charge in [-0.15, -0.1) is 0 Å². The van der Waals surface area contributed by atoms with E-state index in [9.17, 15) is 14.7 Å². The van der Waals surface area contributed by atoms with Crippen molar-refractivity contribution in [1.29, 1.82) is 0 Å². The average molecular weight is 299 g/mol. The number of benzene rings is 1. The van der Waals surface area contributed by atoms with Gasteiger partial charge in [-0.1, -0.05) is 0 Å². The van der Waals surface area contributed by atoms with Crippen LogP contribution < -0.4 is 5.32 Å². The highest BCUT2D eigenvalue weighted by Gasteiger charge is 2.45. The van der Waals surface area contributed by atoms with E-state index in [1.165, 1.54) is 0 Å². The fourth-order valence-corrected chi connectivity index (χ4v) is 2.61. The van der Waals surface area contributed by atoms with Crippen LogP contribution in [-0.2, 0) is 4.79 Å². The molecular weight excluding hydrogens is 282 g/mol. The number of amides is 1. The smallest absolute Gasteiger partial charge is 0.329 e. The molecule has 1 saturated carbocycles. The van der Waals surface area contributed by atoms with Gasteiger partial charge >= 0.3 is 5.97 Å². The van der Waals surface area contributed by atoms with Crippen molar-refractivity contribution >= 4 is 11.9 Å². The van der Waals surface area contributed by atoms with Gasteiger partial charge in [-0.25, -0.2) is 9.48 Å². The van der Waals surface area contributed by atoms with Crippen LogP contribution in [0.5, 0.6) is 0 Å². The Hall–Kier alpha value is -2.63. The average Bonchev–Trinajstić information content (AvgIpc) is 2.88. The van der Waals surface area contributed by atoms with Crippen molar-refractivity contribution < 1.29 is 14.7 Å². The Balaban J connectivity index is 1.77. The Morgan fingerprint density at radius 1 is 1.23 bits per heavy atom. The minimum absolute atomic E-state index is 0.356. The van der Waals surface area contributed by atoms with E-state index in [-0.39, 0.29) is 5.91 Å². The van der Waals surface area contributed by atoms with E-state index >= 15 is 0 Å². The molecule has 114 valence electrons. The number of carboxylic acid groups (broad SMARTS) is 1. The molecule has 0 saturated heterocycles. The summed E-state index contributed by atoms with van der Waals surface area (Å²) in [6.07, 6.45) is 3.50. The fraction of sp³-hybridized carbons (Fsp3) is 0.312. The van der Waals surface area contributed by atoms with E-state index in [0.29, 0.717) is 18.4 Å². The molecule has 6 heteroatoms. The number of hydrogen-bond acceptors (Lipinski definition) is 3. The number of hydrogen-bond donors (Lipinski definition) is 2. The van der Waals surface area contributed by atoms with Gasteiger partial charge in [0, 0.05) is 17.5 Å². The van der Waals surface area contributed by atoms with Gasteiger partial charge in [0.15, 0.2) is 0 Å². The van der Waals surface area contributed by atoms with Crippen LogP contribution in [-0.4, -0.2) is 32.3 Å². The van der Waals surface area contributed by atoms with Gasteiger partial charge in [0.2, 0.25) is 0 Å². The minimum Gasteiger partial charge on any atom is -0.480 e. The number of nitrogens with zero attached hydrogens (tertiary/aromatic N) is 2. The normalized spacial score (nSPS) is 15.9. The summed E-state index contributed by atoms with van der Waals surface area (Å²) in [4.78, 5) is 23.5. The SMILES string of the molecule is Cc1ccnn1-c1ccc(C(=O)NC2(C(=O)O)CCC2)cc1. The third kappa shape index (κ3) is 2.36. The van der Waals surface area contributed by atoms with Gasteiger partial charge in [-0.2, -0.15) is 5.10 Å². The van der Waals surface area contributed by atoms with Crippen molar-refractivity contribution in [3.05, 3.63) is 47.8 Å². The molecule has 0 bridgehead atoms. The predicted molar refractivity (Wildman–Crippen MR) is 80.0 cm³/mol. The molecule has 0 spiro atoms. The van der Waals surface area contributed by atoms with Crippen LogP contribution in [0.1, 0.15) is 35.3 Å². The van der Waals surface area contributed by atoms with E-state index in [0.717, 1.165) is 17.8 Å². The summed E-state index contributed by atoms with van der Waals surface area (Å²) in [5.41, 5.74) is 1.21. The second-order valence-electron chi connectivity index (χ2n) is 5.63. The van der Waals surface area contributed by atoms with Crippen LogP contribution in [0.2, 0.25) is 0 Å². The van der Waals surface area contributed by atoms with Crippen LogP contribution >= 0.6 is 0 Å². The molecule has 0 radical (unpaired) electrons. The molecule has 1 amide bonds. The molecule has 1 aromatic heterocycles. The molecular formula is C16H17N3O3. The lowest BCUT2D eigenvalue weighted by atomic mass is 9.76. The summed E-state index contributed by atoms with van der Waals surface area (Å²) in [5.74, 6) is -1.32. The number of aromatic nitrogens is 2. The first-order valence-electron chi connectivity index (χ1n) is 7.19. The minimum atomic E-state index is -1.09. The largest absolute Gasteiger partial charge is 0.480 e. The number of carbonyl (C=O) groups excluding carboxylic acids is 1. The van der Waals surface area contributed by atoms with E-state index in [1.807, 2.05) is 13.0 Å². The van der Waals surface area contributed by atoms with Crippen molar-refractivity contribution in [3.8, 4) is 5.69 Å². The quantitative estimate of drug-likeness (QED) is 0.903. The molecule has 2 N–H and O–H groups in total.